The summed E-state index contributed by atoms with van der Waals surface area (Å²) in [6.45, 7) is 8.40. The van der Waals surface area contributed by atoms with E-state index in [0.717, 1.165) is 51.3 Å². The standard InChI is InChI=1S/C22H29N5O/c1-14-6-15(2)8-16(7-14)10-26-11-17-9-20-24-25-21(27(20)13-18(17)12-26)22(28)23-19-4-3-5-19/h6-8,17-19H,3-5,9-13H2,1-2H3,(H,23,28)/t17-,18+/m0/s1. The predicted octanol–water partition coefficient (Wildman–Crippen LogP) is 2.48. The Morgan fingerprint density at radius 3 is 2.54 bits per heavy atom. The first-order chi connectivity index (χ1) is 13.5. The lowest BCUT2D eigenvalue weighted by atomic mass is 9.89. The number of amides is 1. The predicted molar refractivity (Wildman–Crippen MR) is 107 cm³/mol. The maximum atomic E-state index is 12.6. The molecule has 6 nitrogen and oxygen atoms in total. The first-order valence-electron chi connectivity index (χ1n) is 10.6. The topological polar surface area (TPSA) is 63.1 Å². The zero-order valence-corrected chi connectivity index (χ0v) is 16.8. The van der Waals surface area contributed by atoms with Crippen LogP contribution in [0.4, 0.5) is 0 Å². The number of aromatic nitrogens is 3. The molecule has 28 heavy (non-hydrogen) atoms. The van der Waals surface area contributed by atoms with Crippen molar-refractivity contribution in [2.75, 3.05) is 13.1 Å². The van der Waals surface area contributed by atoms with E-state index in [2.05, 4.69) is 57.0 Å². The summed E-state index contributed by atoms with van der Waals surface area (Å²) in [4.78, 5) is 15.2. The van der Waals surface area contributed by atoms with Crippen LogP contribution in [0.1, 0.15) is 52.4 Å². The smallest absolute Gasteiger partial charge is 0.289 e. The quantitative estimate of drug-likeness (QED) is 0.887. The molecule has 0 radical (unpaired) electrons. The fraction of sp³-hybridized carbons (Fsp3) is 0.591. The Morgan fingerprint density at radius 2 is 1.82 bits per heavy atom. The van der Waals surface area contributed by atoms with Gasteiger partial charge in [0.1, 0.15) is 5.82 Å². The highest BCUT2D eigenvalue weighted by molar-refractivity contribution is 5.91. The first-order valence-corrected chi connectivity index (χ1v) is 10.6. The Hall–Kier alpha value is -2.21. The van der Waals surface area contributed by atoms with Gasteiger partial charge in [-0.3, -0.25) is 9.69 Å². The van der Waals surface area contributed by atoms with Gasteiger partial charge in [-0.05, 0) is 50.5 Å². The number of carbonyl (C=O) groups excluding carboxylic acids is 1. The second-order valence-electron chi connectivity index (χ2n) is 9.07. The second kappa shape index (κ2) is 6.99. The van der Waals surface area contributed by atoms with Crippen LogP contribution in [0.2, 0.25) is 0 Å². The SMILES string of the molecule is Cc1cc(C)cc(CN2C[C@@H]3Cn4c(nnc4C(=O)NC4CCC4)C[C@H]3C2)c1. The number of hydrogen-bond donors (Lipinski definition) is 1. The van der Waals surface area contributed by atoms with Gasteiger partial charge in [-0.25, -0.2) is 0 Å². The molecular formula is C22H29N5O. The summed E-state index contributed by atoms with van der Waals surface area (Å²) >= 11 is 0. The van der Waals surface area contributed by atoms with E-state index in [1.165, 1.54) is 23.1 Å². The van der Waals surface area contributed by atoms with Crippen LogP contribution in [-0.2, 0) is 19.5 Å². The van der Waals surface area contributed by atoms with Crippen molar-refractivity contribution >= 4 is 5.91 Å². The molecule has 1 saturated heterocycles. The van der Waals surface area contributed by atoms with Crippen molar-refractivity contribution in [3.05, 3.63) is 46.5 Å². The minimum absolute atomic E-state index is 0.0491. The van der Waals surface area contributed by atoms with Crippen LogP contribution in [0, 0.1) is 25.7 Å². The zero-order valence-electron chi connectivity index (χ0n) is 16.8. The third kappa shape index (κ3) is 3.34. The van der Waals surface area contributed by atoms with Crippen molar-refractivity contribution in [3.63, 3.8) is 0 Å². The number of benzene rings is 1. The van der Waals surface area contributed by atoms with Gasteiger partial charge >= 0.3 is 0 Å². The molecule has 148 valence electrons. The lowest BCUT2D eigenvalue weighted by molar-refractivity contribution is 0.0898. The van der Waals surface area contributed by atoms with Crippen LogP contribution in [0.25, 0.3) is 0 Å². The maximum absolute atomic E-state index is 12.6. The summed E-state index contributed by atoms with van der Waals surface area (Å²) in [5.41, 5.74) is 4.07. The maximum Gasteiger partial charge on any atom is 0.289 e. The molecule has 2 fully saturated rings. The first kappa shape index (κ1) is 17.9. The number of carbonyl (C=O) groups is 1. The van der Waals surface area contributed by atoms with Gasteiger partial charge < -0.3 is 9.88 Å². The van der Waals surface area contributed by atoms with Gasteiger partial charge in [0.25, 0.3) is 5.91 Å². The van der Waals surface area contributed by atoms with Gasteiger partial charge in [0, 0.05) is 38.6 Å². The molecule has 0 spiro atoms. The molecule has 1 saturated carbocycles. The highest BCUT2D eigenvalue weighted by Gasteiger charge is 2.39. The van der Waals surface area contributed by atoms with E-state index in [4.69, 9.17) is 0 Å². The highest BCUT2D eigenvalue weighted by atomic mass is 16.2. The highest BCUT2D eigenvalue weighted by Crippen LogP contribution is 2.33. The van der Waals surface area contributed by atoms with Crippen LogP contribution in [0.3, 0.4) is 0 Å². The zero-order chi connectivity index (χ0) is 19.3. The number of nitrogens with one attached hydrogen (secondary N) is 1. The van der Waals surface area contributed by atoms with Crippen LogP contribution in [0.15, 0.2) is 18.2 Å². The summed E-state index contributed by atoms with van der Waals surface area (Å²) in [7, 11) is 0. The molecule has 2 atom stereocenters. The number of aryl methyl sites for hydroxylation is 2. The summed E-state index contributed by atoms with van der Waals surface area (Å²) in [6.07, 6.45) is 4.32. The van der Waals surface area contributed by atoms with Crippen LogP contribution < -0.4 is 5.32 Å². The molecule has 6 heteroatoms. The number of fused-ring (bicyclic) bond motifs is 2. The summed E-state index contributed by atoms with van der Waals surface area (Å²) in [5, 5.41) is 11.7. The number of likely N-dealkylation sites (tertiary alicyclic amines) is 1. The lowest BCUT2D eigenvalue weighted by Crippen LogP contribution is -2.41. The van der Waals surface area contributed by atoms with E-state index in [1.807, 2.05) is 0 Å². The molecule has 5 rings (SSSR count). The molecule has 1 aliphatic carbocycles. The molecule has 1 aromatic carbocycles. The third-order valence-electron chi connectivity index (χ3n) is 6.67. The Bertz CT molecular complexity index is 880. The summed E-state index contributed by atoms with van der Waals surface area (Å²) < 4.78 is 2.08. The normalized spacial score (nSPS) is 24.5. The van der Waals surface area contributed by atoms with Crippen molar-refractivity contribution in [2.24, 2.45) is 11.8 Å². The van der Waals surface area contributed by atoms with E-state index < -0.39 is 0 Å². The second-order valence-corrected chi connectivity index (χ2v) is 9.07. The summed E-state index contributed by atoms with van der Waals surface area (Å²) in [5.74, 6) is 2.63. The molecule has 2 aromatic rings. The molecule has 3 aliphatic rings. The number of nitrogens with zero attached hydrogens (tertiary/aromatic N) is 4. The van der Waals surface area contributed by atoms with Gasteiger partial charge in [-0.1, -0.05) is 29.3 Å². The van der Waals surface area contributed by atoms with Gasteiger partial charge in [0.15, 0.2) is 0 Å². The molecule has 3 heterocycles. The monoisotopic (exact) mass is 379 g/mol. The molecule has 0 bridgehead atoms. The lowest BCUT2D eigenvalue weighted by Gasteiger charge is -2.28. The molecule has 1 N–H and O–H groups in total. The fourth-order valence-electron chi connectivity index (χ4n) is 5.14. The van der Waals surface area contributed by atoms with Crippen molar-refractivity contribution < 1.29 is 4.79 Å². The largest absolute Gasteiger partial charge is 0.347 e. The van der Waals surface area contributed by atoms with E-state index in [0.29, 0.717) is 23.7 Å². The van der Waals surface area contributed by atoms with Crippen LogP contribution >= 0.6 is 0 Å². The Morgan fingerprint density at radius 1 is 1.07 bits per heavy atom. The van der Waals surface area contributed by atoms with Crippen LogP contribution in [-0.4, -0.2) is 44.7 Å². The van der Waals surface area contributed by atoms with Gasteiger partial charge in [0.2, 0.25) is 5.82 Å². The van der Waals surface area contributed by atoms with Gasteiger partial charge in [-0.15, -0.1) is 10.2 Å². The molecule has 1 aromatic heterocycles. The minimum Gasteiger partial charge on any atom is -0.347 e. The van der Waals surface area contributed by atoms with Gasteiger partial charge in [0.05, 0.1) is 0 Å². The van der Waals surface area contributed by atoms with E-state index in [1.54, 1.807) is 0 Å². The van der Waals surface area contributed by atoms with Crippen molar-refractivity contribution in [2.45, 2.75) is 58.7 Å². The van der Waals surface area contributed by atoms with Crippen molar-refractivity contribution in [3.8, 4) is 0 Å². The van der Waals surface area contributed by atoms with Gasteiger partial charge in [-0.2, -0.15) is 0 Å². The third-order valence-corrected chi connectivity index (χ3v) is 6.67. The molecular weight excluding hydrogens is 350 g/mol. The average molecular weight is 380 g/mol. The molecule has 0 unspecified atom stereocenters. The molecule has 2 aliphatic heterocycles. The summed E-state index contributed by atoms with van der Waals surface area (Å²) in [6, 6.07) is 7.16. The minimum atomic E-state index is -0.0491. The van der Waals surface area contributed by atoms with Crippen molar-refractivity contribution in [1.82, 2.24) is 25.0 Å². The Kier molecular flexibility index (Phi) is 4.46. The van der Waals surface area contributed by atoms with E-state index in [-0.39, 0.29) is 5.91 Å². The van der Waals surface area contributed by atoms with Crippen molar-refractivity contribution in [1.29, 1.82) is 0 Å². The number of rotatable bonds is 4. The average Bonchev–Trinajstić information content (AvgIpc) is 3.17. The fourth-order valence-corrected chi connectivity index (χ4v) is 5.14. The number of hydrogen-bond acceptors (Lipinski definition) is 4. The Balaban J connectivity index is 1.27. The Labute approximate surface area is 166 Å². The van der Waals surface area contributed by atoms with Crippen LogP contribution in [0.5, 0.6) is 0 Å². The van der Waals surface area contributed by atoms with E-state index in [9.17, 15) is 4.79 Å². The van der Waals surface area contributed by atoms with E-state index >= 15 is 0 Å². The molecule has 1 amide bonds.